The Morgan fingerprint density at radius 1 is 1.43 bits per heavy atom. The lowest BCUT2D eigenvalue weighted by atomic mass is 10.4. The van der Waals surface area contributed by atoms with Crippen LogP contribution in [0, 0.1) is 0 Å². The molecule has 0 aliphatic rings. The molecule has 0 radical (unpaired) electrons. The van der Waals surface area contributed by atoms with Crippen molar-refractivity contribution in [1.29, 1.82) is 0 Å². The first-order valence-corrected chi connectivity index (χ1v) is 6.15. The maximum Gasteiger partial charge on any atom is 0.358 e. The number of aromatic nitrogens is 7. The molecule has 0 bridgehead atoms. The number of hydrogen-bond acceptors (Lipinski definition) is 7. The van der Waals surface area contributed by atoms with Gasteiger partial charge < -0.3 is 10.4 Å². The minimum atomic E-state index is -1.10. The maximum absolute atomic E-state index is 10.7. The van der Waals surface area contributed by atoms with E-state index in [4.69, 9.17) is 5.11 Å². The number of nitrogens with one attached hydrogen (secondary N) is 1. The molecule has 0 atom stereocenters. The second-order valence-corrected chi connectivity index (χ2v) is 4.33. The number of hydrogen-bond donors (Lipinski definition) is 2. The van der Waals surface area contributed by atoms with E-state index in [-0.39, 0.29) is 5.69 Å². The van der Waals surface area contributed by atoms with Gasteiger partial charge in [0.25, 0.3) is 0 Å². The molecule has 0 fully saturated rings. The third-order valence-electron chi connectivity index (χ3n) is 2.92. The number of aromatic carboxylic acids is 1. The van der Waals surface area contributed by atoms with E-state index in [1.807, 2.05) is 7.05 Å². The van der Waals surface area contributed by atoms with Crippen LogP contribution in [0.25, 0.3) is 11.0 Å². The van der Waals surface area contributed by atoms with E-state index in [9.17, 15) is 4.79 Å². The topological polar surface area (TPSA) is 124 Å². The summed E-state index contributed by atoms with van der Waals surface area (Å²) in [6.07, 6.45) is 4.53. The highest BCUT2D eigenvalue weighted by molar-refractivity contribution is 5.86. The van der Waals surface area contributed by atoms with Crippen LogP contribution in [0.4, 0.5) is 5.82 Å². The second kappa shape index (κ2) is 5.15. The van der Waals surface area contributed by atoms with Crippen LogP contribution < -0.4 is 5.32 Å². The fraction of sp³-hybridized carbons (Fsp3) is 0.273. The molecule has 0 aliphatic carbocycles. The first-order chi connectivity index (χ1) is 10.1. The summed E-state index contributed by atoms with van der Waals surface area (Å²) in [4.78, 5) is 19.0. The highest BCUT2D eigenvalue weighted by Gasteiger charge is 2.09. The van der Waals surface area contributed by atoms with Gasteiger partial charge in [-0.25, -0.2) is 19.4 Å². The van der Waals surface area contributed by atoms with Crippen molar-refractivity contribution in [2.75, 3.05) is 11.9 Å². The largest absolute Gasteiger partial charge is 0.476 e. The van der Waals surface area contributed by atoms with Crippen LogP contribution in [0.15, 0.2) is 18.7 Å². The van der Waals surface area contributed by atoms with Crippen molar-refractivity contribution in [3.05, 3.63) is 24.4 Å². The molecule has 0 saturated heterocycles. The third-order valence-corrected chi connectivity index (χ3v) is 2.92. The fourth-order valence-corrected chi connectivity index (χ4v) is 1.90. The second-order valence-electron chi connectivity index (χ2n) is 4.33. The number of carboxylic acids is 1. The number of carboxylic acid groups (broad SMARTS) is 1. The Morgan fingerprint density at radius 3 is 3.05 bits per heavy atom. The fourth-order valence-electron chi connectivity index (χ4n) is 1.90. The van der Waals surface area contributed by atoms with Crippen LogP contribution in [0.2, 0.25) is 0 Å². The first-order valence-electron chi connectivity index (χ1n) is 6.15. The maximum atomic E-state index is 10.7. The molecule has 0 unspecified atom stereocenters. The minimum absolute atomic E-state index is 0.0771. The molecule has 3 rings (SSSR count). The van der Waals surface area contributed by atoms with Crippen LogP contribution in [-0.2, 0) is 13.6 Å². The highest BCUT2D eigenvalue weighted by atomic mass is 16.4. The van der Waals surface area contributed by atoms with Gasteiger partial charge in [-0.2, -0.15) is 5.10 Å². The molecule has 2 N–H and O–H groups in total. The molecule has 0 spiro atoms. The molecule has 0 amide bonds. The van der Waals surface area contributed by atoms with Gasteiger partial charge >= 0.3 is 5.97 Å². The third kappa shape index (κ3) is 2.50. The van der Waals surface area contributed by atoms with Crippen molar-refractivity contribution in [3.63, 3.8) is 0 Å². The van der Waals surface area contributed by atoms with Crippen molar-refractivity contribution in [3.8, 4) is 0 Å². The van der Waals surface area contributed by atoms with E-state index in [1.54, 1.807) is 10.9 Å². The van der Waals surface area contributed by atoms with Crippen LogP contribution >= 0.6 is 0 Å². The summed E-state index contributed by atoms with van der Waals surface area (Å²) in [5.74, 6) is -0.422. The number of anilines is 1. The van der Waals surface area contributed by atoms with Gasteiger partial charge in [0.15, 0.2) is 11.3 Å². The van der Waals surface area contributed by atoms with Crippen molar-refractivity contribution >= 4 is 22.8 Å². The van der Waals surface area contributed by atoms with Crippen LogP contribution in [0.1, 0.15) is 10.5 Å². The van der Waals surface area contributed by atoms with Gasteiger partial charge in [-0.1, -0.05) is 5.21 Å². The van der Waals surface area contributed by atoms with E-state index in [0.29, 0.717) is 18.9 Å². The number of fused-ring (bicyclic) bond motifs is 1. The Hall–Kier alpha value is -3.04. The zero-order chi connectivity index (χ0) is 14.8. The number of aryl methyl sites for hydroxylation is 1. The lowest BCUT2D eigenvalue weighted by molar-refractivity contribution is 0.0690. The average molecular weight is 288 g/mol. The van der Waals surface area contributed by atoms with Gasteiger partial charge in [0.05, 0.1) is 24.3 Å². The highest BCUT2D eigenvalue weighted by Crippen LogP contribution is 2.17. The van der Waals surface area contributed by atoms with E-state index < -0.39 is 5.97 Å². The van der Waals surface area contributed by atoms with Gasteiger partial charge in [-0.3, -0.25) is 4.68 Å². The molecule has 3 aromatic heterocycles. The zero-order valence-electron chi connectivity index (χ0n) is 11.1. The Labute approximate surface area is 118 Å². The minimum Gasteiger partial charge on any atom is -0.476 e. The number of nitrogens with zero attached hydrogens (tertiary/aromatic N) is 7. The van der Waals surface area contributed by atoms with Crippen molar-refractivity contribution in [2.45, 2.75) is 6.54 Å². The average Bonchev–Trinajstić information content (AvgIpc) is 3.07. The molecule has 3 aromatic rings. The Balaban J connectivity index is 1.67. The first kappa shape index (κ1) is 13.0. The van der Waals surface area contributed by atoms with E-state index in [2.05, 4.69) is 30.7 Å². The normalized spacial score (nSPS) is 10.9. The number of rotatable bonds is 5. The Kier molecular flexibility index (Phi) is 3.18. The number of carbonyl (C=O) groups is 1. The van der Waals surface area contributed by atoms with Crippen molar-refractivity contribution in [2.24, 2.45) is 7.05 Å². The van der Waals surface area contributed by atoms with Crippen LogP contribution in [0.3, 0.4) is 0 Å². The summed E-state index contributed by atoms with van der Waals surface area (Å²) >= 11 is 0. The lowest BCUT2D eigenvalue weighted by Gasteiger charge is -2.05. The molecule has 21 heavy (non-hydrogen) atoms. The molecule has 10 nitrogen and oxygen atoms in total. The molecular formula is C11H12N8O2. The van der Waals surface area contributed by atoms with Crippen molar-refractivity contribution < 1.29 is 9.90 Å². The summed E-state index contributed by atoms with van der Waals surface area (Å²) in [6.45, 7) is 0.982. The molecule has 0 saturated carbocycles. The van der Waals surface area contributed by atoms with Gasteiger partial charge in [-0.05, 0) is 0 Å². The van der Waals surface area contributed by atoms with E-state index >= 15 is 0 Å². The monoisotopic (exact) mass is 288 g/mol. The van der Waals surface area contributed by atoms with Gasteiger partial charge in [0.1, 0.15) is 12.1 Å². The summed E-state index contributed by atoms with van der Waals surface area (Å²) in [7, 11) is 1.81. The van der Waals surface area contributed by atoms with E-state index in [1.165, 1.54) is 17.2 Å². The van der Waals surface area contributed by atoms with Crippen LogP contribution in [-0.4, -0.2) is 52.4 Å². The molecule has 0 aromatic carbocycles. The molecule has 10 heteroatoms. The molecule has 3 heterocycles. The summed E-state index contributed by atoms with van der Waals surface area (Å²) in [5, 5.41) is 24.1. The van der Waals surface area contributed by atoms with Crippen LogP contribution in [0.5, 0.6) is 0 Å². The SMILES string of the molecule is Cn1ncc2c(NCCn3cc(C(=O)O)nn3)ncnc21. The van der Waals surface area contributed by atoms with Crippen molar-refractivity contribution in [1.82, 2.24) is 34.7 Å². The summed E-state index contributed by atoms with van der Waals surface area (Å²) < 4.78 is 3.12. The standard InChI is InChI=1S/C11H12N8O2/c1-18-10-7(4-15-18)9(13-6-14-10)12-2-3-19-5-8(11(20)21)16-17-19/h4-6H,2-3H2,1H3,(H,20,21)(H,12,13,14). The summed E-state index contributed by atoms with van der Waals surface area (Å²) in [5.41, 5.74) is 0.660. The Bertz CT molecular complexity index is 792. The summed E-state index contributed by atoms with van der Waals surface area (Å²) in [6, 6.07) is 0. The van der Waals surface area contributed by atoms with E-state index in [0.717, 1.165) is 11.0 Å². The smallest absolute Gasteiger partial charge is 0.358 e. The molecular weight excluding hydrogens is 276 g/mol. The Morgan fingerprint density at radius 2 is 2.29 bits per heavy atom. The predicted molar refractivity (Wildman–Crippen MR) is 71.8 cm³/mol. The molecule has 0 aliphatic heterocycles. The zero-order valence-corrected chi connectivity index (χ0v) is 11.1. The quantitative estimate of drug-likeness (QED) is 0.659. The van der Waals surface area contributed by atoms with Gasteiger partial charge in [0, 0.05) is 13.6 Å². The van der Waals surface area contributed by atoms with Gasteiger partial charge in [0.2, 0.25) is 0 Å². The molecule has 108 valence electrons. The lowest BCUT2D eigenvalue weighted by Crippen LogP contribution is -2.12. The predicted octanol–water partition coefficient (Wildman–Crippen LogP) is -0.235. The van der Waals surface area contributed by atoms with Gasteiger partial charge in [-0.15, -0.1) is 5.10 Å².